The first kappa shape index (κ1) is 15.8. The van der Waals surface area contributed by atoms with Crippen LogP contribution in [0.25, 0.3) is 0 Å². The first-order valence-electron chi connectivity index (χ1n) is 8.69. The molecular formula is C19H23N3OS. The third kappa shape index (κ3) is 3.23. The minimum Gasteiger partial charge on any atom is -0.337 e. The maximum absolute atomic E-state index is 12.6. The molecule has 24 heavy (non-hydrogen) atoms. The lowest BCUT2D eigenvalue weighted by Gasteiger charge is -2.40. The molecule has 4 heterocycles. The number of likely N-dealkylation sites (tertiary alicyclic amines) is 2. The molecule has 4 nitrogen and oxygen atoms in total. The van der Waals surface area contributed by atoms with Crippen molar-refractivity contribution in [3.8, 4) is 0 Å². The van der Waals surface area contributed by atoms with Gasteiger partial charge in [0.15, 0.2) is 0 Å². The predicted octanol–water partition coefficient (Wildman–Crippen LogP) is 3.27. The molecule has 0 aliphatic carbocycles. The van der Waals surface area contributed by atoms with Crippen molar-refractivity contribution in [2.75, 3.05) is 26.2 Å². The quantitative estimate of drug-likeness (QED) is 0.860. The van der Waals surface area contributed by atoms with Crippen molar-refractivity contribution in [1.82, 2.24) is 14.8 Å². The van der Waals surface area contributed by atoms with Gasteiger partial charge in [-0.2, -0.15) is 0 Å². The molecule has 0 unspecified atom stereocenters. The summed E-state index contributed by atoms with van der Waals surface area (Å²) in [7, 11) is 0. The highest BCUT2D eigenvalue weighted by atomic mass is 32.1. The molecule has 0 aromatic carbocycles. The fourth-order valence-electron chi connectivity index (χ4n) is 4.16. The molecule has 126 valence electrons. The summed E-state index contributed by atoms with van der Waals surface area (Å²) in [6.07, 6.45) is 5.45. The number of pyridine rings is 1. The van der Waals surface area contributed by atoms with E-state index in [1.807, 2.05) is 29.8 Å². The van der Waals surface area contributed by atoms with Gasteiger partial charge in [0.25, 0.3) is 5.91 Å². The van der Waals surface area contributed by atoms with E-state index in [-0.39, 0.29) is 11.3 Å². The molecule has 2 aliphatic rings. The fraction of sp³-hybridized carbons (Fsp3) is 0.474. The van der Waals surface area contributed by atoms with Crippen molar-refractivity contribution in [3.63, 3.8) is 0 Å². The van der Waals surface area contributed by atoms with Gasteiger partial charge in [-0.15, -0.1) is 11.3 Å². The fourth-order valence-corrected chi connectivity index (χ4v) is 4.85. The van der Waals surface area contributed by atoms with Gasteiger partial charge in [0, 0.05) is 37.8 Å². The van der Waals surface area contributed by atoms with Crippen LogP contribution in [-0.4, -0.2) is 46.9 Å². The average molecular weight is 341 g/mol. The summed E-state index contributed by atoms with van der Waals surface area (Å²) in [6.45, 7) is 4.94. The molecule has 1 atom stereocenters. The standard InChI is InChI=1S/C19H23N3OS/c23-18(17-6-3-12-24-17)22-11-8-19(15-22)7-4-10-21(14-19)13-16-5-1-2-9-20-16/h1-3,5-6,9,12H,4,7-8,10-11,13-15H2/t19-/m1/s1. The molecule has 2 saturated heterocycles. The lowest BCUT2D eigenvalue weighted by molar-refractivity contribution is 0.0676. The predicted molar refractivity (Wildman–Crippen MR) is 96.0 cm³/mol. The highest BCUT2D eigenvalue weighted by Crippen LogP contribution is 2.39. The smallest absolute Gasteiger partial charge is 0.263 e. The number of rotatable bonds is 3. The number of hydrogen-bond donors (Lipinski definition) is 0. The minimum atomic E-state index is 0.212. The Labute approximate surface area is 147 Å². The monoisotopic (exact) mass is 341 g/mol. The van der Waals surface area contributed by atoms with Crippen molar-refractivity contribution < 1.29 is 4.79 Å². The van der Waals surface area contributed by atoms with E-state index < -0.39 is 0 Å². The van der Waals surface area contributed by atoms with Gasteiger partial charge in [-0.25, -0.2) is 0 Å². The van der Waals surface area contributed by atoms with E-state index in [2.05, 4.69) is 26.9 Å². The van der Waals surface area contributed by atoms with Crippen LogP contribution < -0.4 is 0 Å². The van der Waals surface area contributed by atoms with E-state index in [0.29, 0.717) is 0 Å². The Hall–Kier alpha value is -1.72. The maximum atomic E-state index is 12.6. The van der Waals surface area contributed by atoms with Crippen LogP contribution in [0.2, 0.25) is 0 Å². The van der Waals surface area contributed by atoms with Crippen LogP contribution in [0.1, 0.15) is 34.6 Å². The van der Waals surface area contributed by atoms with Gasteiger partial charge in [-0.1, -0.05) is 12.1 Å². The summed E-state index contributed by atoms with van der Waals surface area (Å²) in [5.41, 5.74) is 1.42. The Morgan fingerprint density at radius 2 is 2.12 bits per heavy atom. The third-order valence-electron chi connectivity index (χ3n) is 5.31. The van der Waals surface area contributed by atoms with E-state index in [0.717, 1.165) is 49.7 Å². The largest absolute Gasteiger partial charge is 0.337 e. The zero-order valence-corrected chi connectivity index (χ0v) is 14.7. The number of hydrogen-bond acceptors (Lipinski definition) is 4. The molecule has 2 fully saturated rings. The van der Waals surface area contributed by atoms with Gasteiger partial charge < -0.3 is 4.90 Å². The number of carbonyl (C=O) groups excluding carboxylic acids is 1. The van der Waals surface area contributed by atoms with Gasteiger partial charge in [0.05, 0.1) is 10.6 Å². The van der Waals surface area contributed by atoms with Crippen LogP contribution in [0, 0.1) is 5.41 Å². The normalized spacial score (nSPS) is 24.6. The number of aromatic nitrogens is 1. The van der Waals surface area contributed by atoms with Crippen LogP contribution in [-0.2, 0) is 6.54 Å². The maximum Gasteiger partial charge on any atom is 0.263 e. The number of nitrogens with zero attached hydrogens (tertiary/aromatic N) is 3. The molecule has 2 aliphatic heterocycles. The second kappa shape index (κ2) is 6.65. The van der Waals surface area contributed by atoms with Gasteiger partial charge in [-0.05, 0) is 49.4 Å². The highest BCUT2D eigenvalue weighted by molar-refractivity contribution is 7.12. The van der Waals surface area contributed by atoms with E-state index in [1.54, 1.807) is 11.3 Å². The zero-order chi connectivity index (χ0) is 16.4. The van der Waals surface area contributed by atoms with Crippen LogP contribution in [0.4, 0.5) is 0 Å². The molecule has 0 radical (unpaired) electrons. The Balaban J connectivity index is 1.41. The van der Waals surface area contributed by atoms with Crippen LogP contribution in [0.15, 0.2) is 41.9 Å². The molecule has 0 N–H and O–H groups in total. The zero-order valence-electron chi connectivity index (χ0n) is 13.9. The Morgan fingerprint density at radius 3 is 2.92 bits per heavy atom. The summed E-state index contributed by atoms with van der Waals surface area (Å²) in [5.74, 6) is 0.212. The van der Waals surface area contributed by atoms with Crippen LogP contribution in [0.3, 0.4) is 0 Å². The van der Waals surface area contributed by atoms with Gasteiger partial charge in [-0.3, -0.25) is 14.7 Å². The summed E-state index contributed by atoms with van der Waals surface area (Å²) in [6, 6.07) is 10.0. The number of thiophene rings is 1. The van der Waals surface area contributed by atoms with Crippen LogP contribution >= 0.6 is 11.3 Å². The van der Waals surface area contributed by atoms with Crippen molar-refractivity contribution in [3.05, 3.63) is 52.5 Å². The molecule has 5 heteroatoms. The number of amides is 1. The summed E-state index contributed by atoms with van der Waals surface area (Å²) in [4.78, 5) is 22.5. The first-order valence-corrected chi connectivity index (χ1v) is 9.57. The molecule has 2 aromatic rings. The van der Waals surface area contributed by atoms with Crippen molar-refractivity contribution in [2.24, 2.45) is 5.41 Å². The van der Waals surface area contributed by atoms with Gasteiger partial charge >= 0.3 is 0 Å². The molecule has 4 rings (SSSR count). The summed E-state index contributed by atoms with van der Waals surface area (Å²) < 4.78 is 0. The highest BCUT2D eigenvalue weighted by Gasteiger charge is 2.42. The second-order valence-electron chi connectivity index (χ2n) is 7.09. The lowest BCUT2D eigenvalue weighted by atomic mass is 9.79. The van der Waals surface area contributed by atoms with E-state index >= 15 is 0 Å². The lowest BCUT2D eigenvalue weighted by Crippen LogP contribution is -2.45. The third-order valence-corrected chi connectivity index (χ3v) is 6.17. The van der Waals surface area contributed by atoms with E-state index in [9.17, 15) is 4.79 Å². The van der Waals surface area contributed by atoms with Gasteiger partial charge in [0.2, 0.25) is 0 Å². The number of carbonyl (C=O) groups is 1. The van der Waals surface area contributed by atoms with Crippen LogP contribution in [0.5, 0.6) is 0 Å². The SMILES string of the molecule is O=C(c1cccs1)N1CC[C@@]2(CCCN(Cc3ccccn3)C2)C1. The average Bonchev–Trinajstić information content (AvgIpc) is 3.26. The van der Waals surface area contributed by atoms with Crippen molar-refractivity contribution >= 4 is 17.2 Å². The topological polar surface area (TPSA) is 36.4 Å². The molecule has 0 bridgehead atoms. The second-order valence-corrected chi connectivity index (χ2v) is 8.04. The molecule has 1 spiro atoms. The Bertz CT molecular complexity index is 688. The first-order chi connectivity index (χ1) is 11.7. The van der Waals surface area contributed by atoms with E-state index in [4.69, 9.17) is 0 Å². The van der Waals surface area contributed by atoms with Gasteiger partial charge in [0.1, 0.15) is 0 Å². The Morgan fingerprint density at radius 1 is 1.17 bits per heavy atom. The molecule has 0 saturated carbocycles. The van der Waals surface area contributed by atoms with E-state index in [1.165, 1.54) is 12.8 Å². The molecular weight excluding hydrogens is 318 g/mol. The summed E-state index contributed by atoms with van der Waals surface area (Å²) >= 11 is 1.55. The van der Waals surface area contributed by atoms with Crippen molar-refractivity contribution in [2.45, 2.75) is 25.8 Å². The minimum absolute atomic E-state index is 0.212. The molecule has 2 aromatic heterocycles. The summed E-state index contributed by atoms with van der Waals surface area (Å²) in [5, 5.41) is 1.98. The number of piperidine rings is 1. The molecule has 1 amide bonds. The Kier molecular flexibility index (Phi) is 4.37. The van der Waals surface area contributed by atoms with Crippen molar-refractivity contribution in [1.29, 1.82) is 0 Å².